The molecule has 1 aromatic rings. The predicted molar refractivity (Wildman–Crippen MR) is 67.2 cm³/mol. The van der Waals surface area contributed by atoms with Crippen LogP contribution < -0.4 is 4.74 Å². The Bertz CT molecular complexity index is 347. The molecule has 0 spiro atoms. The van der Waals surface area contributed by atoms with E-state index in [2.05, 4.69) is 6.07 Å². The van der Waals surface area contributed by atoms with E-state index >= 15 is 0 Å². The van der Waals surface area contributed by atoms with E-state index < -0.39 is 0 Å². The molecule has 0 saturated carbocycles. The summed E-state index contributed by atoms with van der Waals surface area (Å²) >= 11 is 0. The number of rotatable bonds is 7. The lowest BCUT2D eigenvalue weighted by molar-refractivity contribution is -0.143. The third-order valence-corrected chi connectivity index (χ3v) is 2.57. The minimum Gasteiger partial charge on any atom is -0.496 e. The van der Waals surface area contributed by atoms with Gasteiger partial charge in [-0.3, -0.25) is 4.79 Å². The van der Waals surface area contributed by atoms with Crippen molar-refractivity contribution in [2.45, 2.75) is 32.6 Å². The van der Waals surface area contributed by atoms with Crippen LogP contribution in [-0.4, -0.2) is 19.7 Å². The second kappa shape index (κ2) is 7.71. The van der Waals surface area contributed by atoms with E-state index in [-0.39, 0.29) is 5.97 Å². The van der Waals surface area contributed by atoms with E-state index in [1.54, 1.807) is 7.11 Å². The number of unbranched alkanes of at least 4 members (excludes halogenated alkanes) is 1. The summed E-state index contributed by atoms with van der Waals surface area (Å²) in [5.74, 6) is 0.816. The second-order valence-corrected chi connectivity index (χ2v) is 3.82. The van der Waals surface area contributed by atoms with Crippen LogP contribution in [0.3, 0.4) is 0 Å². The number of carbonyl (C=O) groups is 1. The fraction of sp³-hybridized carbons (Fsp3) is 0.500. The molecule has 0 bridgehead atoms. The van der Waals surface area contributed by atoms with Crippen molar-refractivity contribution in [1.29, 1.82) is 0 Å². The van der Waals surface area contributed by atoms with Crippen LogP contribution in [0, 0.1) is 0 Å². The van der Waals surface area contributed by atoms with Crippen molar-refractivity contribution in [2.24, 2.45) is 0 Å². The topological polar surface area (TPSA) is 35.5 Å². The molecule has 94 valence electrons. The van der Waals surface area contributed by atoms with Crippen molar-refractivity contribution >= 4 is 5.97 Å². The summed E-state index contributed by atoms with van der Waals surface area (Å²) < 4.78 is 10.1. The van der Waals surface area contributed by atoms with Gasteiger partial charge in [0.2, 0.25) is 0 Å². The Balaban J connectivity index is 2.28. The first-order valence-electron chi connectivity index (χ1n) is 6.05. The fourth-order valence-electron chi connectivity index (χ4n) is 1.73. The van der Waals surface area contributed by atoms with Crippen molar-refractivity contribution < 1.29 is 14.3 Å². The lowest BCUT2D eigenvalue weighted by Gasteiger charge is -2.07. The molecule has 0 N–H and O–H groups in total. The average Bonchev–Trinajstić information content (AvgIpc) is 2.35. The van der Waals surface area contributed by atoms with Gasteiger partial charge < -0.3 is 9.47 Å². The Hall–Kier alpha value is -1.51. The van der Waals surface area contributed by atoms with Crippen LogP contribution in [0.4, 0.5) is 0 Å². The molecule has 3 nitrogen and oxygen atoms in total. The molecule has 1 rings (SSSR count). The number of hydrogen-bond donors (Lipinski definition) is 0. The third kappa shape index (κ3) is 4.89. The summed E-state index contributed by atoms with van der Waals surface area (Å²) in [5, 5.41) is 0. The lowest BCUT2D eigenvalue weighted by atomic mass is 10.1. The highest BCUT2D eigenvalue weighted by Gasteiger charge is 2.03. The molecule has 1 aromatic carbocycles. The molecule has 0 heterocycles. The highest BCUT2D eigenvalue weighted by molar-refractivity contribution is 5.69. The van der Waals surface area contributed by atoms with E-state index in [0.29, 0.717) is 13.0 Å². The summed E-state index contributed by atoms with van der Waals surface area (Å²) in [6.45, 7) is 2.29. The zero-order valence-corrected chi connectivity index (χ0v) is 10.6. The Morgan fingerprint density at radius 2 is 2.00 bits per heavy atom. The summed E-state index contributed by atoms with van der Waals surface area (Å²) in [6, 6.07) is 7.98. The molecule has 0 unspecified atom stereocenters. The van der Waals surface area contributed by atoms with E-state index in [9.17, 15) is 4.79 Å². The van der Waals surface area contributed by atoms with E-state index in [4.69, 9.17) is 9.47 Å². The summed E-state index contributed by atoms with van der Waals surface area (Å²) in [5.41, 5.74) is 1.19. The van der Waals surface area contributed by atoms with E-state index in [0.717, 1.165) is 25.0 Å². The molecule has 0 aliphatic carbocycles. The molecule has 0 fully saturated rings. The average molecular weight is 236 g/mol. The van der Waals surface area contributed by atoms with Gasteiger partial charge in [0.25, 0.3) is 0 Å². The van der Waals surface area contributed by atoms with E-state index in [1.807, 2.05) is 25.1 Å². The molecule has 0 radical (unpaired) electrons. The SMILES string of the molecule is CCOC(=O)CCCCc1ccccc1OC. The molecular formula is C14H20O3. The Labute approximate surface area is 103 Å². The van der Waals surface area contributed by atoms with Crippen molar-refractivity contribution in [1.82, 2.24) is 0 Å². The quantitative estimate of drug-likeness (QED) is 0.539. The summed E-state index contributed by atoms with van der Waals surface area (Å²) in [7, 11) is 1.68. The predicted octanol–water partition coefficient (Wildman–Crippen LogP) is 2.97. The number of benzene rings is 1. The number of aryl methyl sites for hydroxylation is 1. The van der Waals surface area contributed by atoms with Gasteiger partial charge in [0, 0.05) is 6.42 Å². The molecule has 0 aromatic heterocycles. The Kier molecular flexibility index (Phi) is 6.15. The smallest absolute Gasteiger partial charge is 0.305 e. The van der Waals surface area contributed by atoms with Crippen molar-refractivity contribution in [3.8, 4) is 5.75 Å². The molecule has 0 amide bonds. The minimum atomic E-state index is -0.104. The largest absolute Gasteiger partial charge is 0.496 e. The number of esters is 1. The normalized spacial score (nSPS) is 10.0. The summed E-state index contributed by atoms with van der Waals surface area (Å²) in [6.07, 6.45) is 3.27. The zero-order valence-electron chi connectivity index (χ0n) is 10.6. The molecule has 17 heavy (non-hydrogen) atoms. The number of ether oxygens (including phenoxy) is 2. The van der Waals surface area contributed by atoms with Crippen molar-refractivity contribution in [3.05, 3.63) is 29.8 Å². The standard InChI is InChI=1S/C14H20O3/c1-3-17-14(15)11-7-5-9-12-8-4-6-10-13(12)16-2/h4,6,8,10H,3,5,7,9,11H2,1-2H3. The van der Waals surface area contributed by atoms with Crippen LogP contribution >= 0.6 is 0 Å². The first-order chi connectivity index (χ1) is 8.27. The first kappa shape index (κ1) is 13.6. The van der Waals surface area contributed by atoms with Crippen LogP contribution in [0.5, 0.6) is 5.75 Å². The van der Waals surface area contributed by atoms with Gasteiger partial charge >= 0.3 is 5.97 Å². The van der Waals surface area contributed by atoms with Crippen molar-refractivity contribution in [3.63, 3.8) is 0 Å². The van der Waals surface area contributed by atoms with Gasteiger partial charge in [-0.25, -0.2) is 0 Å². The van der Waals surface area contributed by atoms with Crippen LogP contribution in [0.25, 0.3) is 0 Å². The molecule has 0 atom stereocenters. The van der Waals surface area contributed by atoms with Gasteiger partial charge in [-0.1, -0.05) is 18.2 Å². The second-order valence-electron chi connectivity index (χ2n) is 3.82. The van der Waals surface area contributed by atoms with Crippen molar-refractivity contribution in [2.75, 3.05) is 13.7 Å². The molecule has 0 saturated heterocycles. The fourth-order valence-corrected chi connectivity index (χ4v) is 1.73. The number of hydrogen-bond acceptors (Lipinski definition) is 3. The van der Waals surface area contributed by atoms with Gasteiger partial charge in [-0.15, -0.1) is 0 Å². The van der Waals surface area contributed by atoms with Gasteiger partial charge in [-0.05, 0) is 37.8 Å². The molecular weight excluding hydrogens is 216 g/mol. The van der Waals surface area contributed by atoms with Gasteiger partial charge in [0.1, 0.15) is 5.75 Å². The maximum absolute atomic E-state index is 11.1. The van der Waals surface area contributed by atoms with Crippen LogP contribution in [0.1, 0.15) is 31.7 Å². The maximum atomic E-state index is 11.1. The third-order valence-electron chi connectivity index (χ3n) is 2.57. The molecule has 3 heteroatoms. The number of para-hydroxylation sites is 1. The van der Waals surface area contributed by atoms with Gasteiger partial charge in [0.15, 0.2) is 0 Å². The van der Waals surface area contributed by atoms with E-state index in [1.165, 1.54) is 5.56 Å². The zero-order chi connectivity index (χ0) is 12.5. The van der Waals surface area contributed by atoms with Crippen LogP contribution in [-0.2, 0) is 16.0 Å². The molecule has 0 aliphatic rings. The maximum Gasteiger partial charge on any atom is 0.305 e. The number of carbonyl (C=O) groups excluding carboxylic acids is 1. The van der Waals surface area contributed by atoms with Gasteiger partial charge in [-0.2, -0.15) is 0 Å². The molecule has 0 aliphatic heterocycles. The minimum absolute atomic E-state index is 0.104. The Morgan fingerprint density at radius 3 is 2.71 bits per heavy atom. The van der Waals surface area contributed by atoms with Crippen LogP contribution in [0.15, 0.2) is 24.3 Å². The highest BCUT2D eigenvalue weighted by Crippen LogP contribution is 2.19. The highest BCUT2D eigenvalue weighted by atomic mass is 16.5. The first-order valence-corrected chi connectivity index (χ1v) is 6.05. The Morgan fingerprint density at radius 1 is 1.24 bits per heavy atom. The monoisotopic (exact) mass is 236 g/mol. The number of methoxy groups -OCH3 is 1. The van der Waals surface area contributed by atoms with Gasteiger partial charge in [0.05, 0.1) is 13.7 Å². The lowest BCUT2D eigenvalue weighted by Crippen LogP contribution is -2.03. The summed E-state index contributed by atoms with van der Waals surface area (Å²) in [4.78, 5) is 11.1. The van der Waals surface area contributed by atoms with Crippen LogP contribution in [0.2, 0.25) is 0 Å².